The zero-order chi connectivity index (χ0) is 8.10. The van der Waals surface area contributed by atoms with Gasteiger partial charge >= 0.3 is 0 Å². The van der Waals surface area contributed by atoms with Gasteiger partial charge in [-0.3, -0.25) is 0 Å². The van der Waals surface area contributed by atoms with Crippen LogP contribution in [0, 0.1) is 0 Å². The van der Waals surface area contributed by atoms with E-state index >= 15 is 0 Å². The highest BCUT2D eigenvalue weighted by molar-refractivity contribution is 5.72. The third-order valence-corrected chi connectivity index (χ3v) is 1.53. The minimum atomic E-state index is 0.958. The van der Waals surface area contributed by atoms with Gasteiger partial charge in [-0.15, -0.1) is 0 Å². The fourth-order valence-electron chi connectivity index (χ4n) is 0.708. The molecule has 0 fully saturated rings. The van der Waals surface area contributed by atoms with Gasteiger partial charge in [0, 0.05) is 19.7 Å². The molecule has 0 N–H and O–H groups in total. The summed E-state index contributed by atoms with van der Waals surface area (Å²) in [6.07, 6.45) is 5.07. The Morgan fingerprint density at radius 1 is 1.64 bits per heavy atom. The van der Waals surface area contributed by atoms with Gasteiger partial charge < -0.3 is 4.90 Å². The van der Waals surface area contributed by atoms with Gasteiger partial charge in [-0.1, -0.05) is 0 Å². The first-order valence-electron chi connectivity index (χ1n) is 3.56. The maximum Gasteiger partial charge on any atom is 0.125 e. The molecule has 11 heavy (non-hydrogen) atoms. The van der Waals surface area contributed by atoms with Crippen LogP contribution in [0.2, 0.25) is 0 Å². The summed E-state index contributed by atoms with van der Waals surface area (Å²) in [5, 5.41) is 0. The number of hydrogen-bond donors (Lipinski definition) is 0. The Hall–Kier alpha value is -1.34. The number of nitrogens with zero attached hydrogens (tertiary/aromatic N) is 3. The zero-order valence-electron chi connectivity index (χ0n) is 6.78. The van der Waals surface area contributed by atoms with Gasteiger partial charge in [-0.05, 0) is 12.8 Å². The minimum Gasteiger partial charge on any atom is -0.373 e. The highest BCUT2D eigenvalue weighted by Gasteiger charge is 1.96. The molecule has 3 nitrogen and oxygen atoms in total. The van der Waals surface area contributed by atoms with E-state index in [-0.39, 0.29) is 0 Å². The Kier molecular flexibility index (Phi) is 2.64. The third-order valence-electron chi connectivity index (χ3n) is 1.53. The Morgan fingerprint density at radius 2 is 2.45 bits per heavy atom. The van der Waals surface area contributed by atoms with Crippen LogP contribution in [0.5, 0.6) is 0 Å². The number of rotatable bonds is 2. The average Bonchev–Trinajstić information content (AvgIpc) is 2.30. The first kappa shape index (κ1) is 7.76. The van der Waals surface area contributed by atoms with Crippen molar-refractivity contribution in [1.82, 2.24) is 4.90 Å². The van der Waals surface area contributed by atoms with Crippen molar-refractivity contribution >= 4 is 12.2 Å². The lowest BCUT2D eigenvalue weighted by molar-refractivity contribution is 0.456. The van der Waals surface area contributed by atoms with Crippen molar-refractivity contribution in [1.29, 1.82) is 0 Å². The Balaban J connectivity index is 2.79. The average molecular weight is 149 g/mol. The van der Waals surface area contributed by atoms with E-state index in [4.69, 9.17) is 0 Å². The Morgan fingerprint density at radius 3 is 3.18 bits per heavy atom. The van der Waals surface area contributed by atoms with Crippen LogP contribution in [0.25, 0.3) is 0 Å². The number of allylic oxidation sites excluding steroid dienone is 1. The molecule has 0 aliphatic carbocycles. The highest BCUT2D eigenvalue weighted by Crippen LogP contribution is 2.02. The van der Waals surface area contributed by atoms with E-state index in [2.05, 4.69) is 27.7 Å². The first-order chi connectivity index (χ1) is 5.34. The molecular weight excluding hydrogens is 138 g/mol. The van der Waals surface area contributed by atoms with Crippen molar-refractivity contribution in [2.24, 2.45) is 9.98 Å². The van der Waals surface area contributed by atoms with E-state index < -0.39 is 0 Å². The summed E-state index contributed by atoms with van der Waals surface area (Å²) in [4.78, 5) is 9.77. The van der Waals surface area contributed by atoms with Crippen LogP contribution in [-0.2, 0) is 0 Å². The molecule has 0 amide bonds. The van der Waals surface area contributed by atoms with Gasteiger partial charge in [0.1, 0.15) is 6.34 Å². The topological polar surface area (TPSA) is 28.0 Å². The Labute approximate surface area is 66.5 Å². The molecule has 1 heterocycles. The molecule has 0 aromatic heterocycles. The summed E-state index contributed by atoms with van der Waals surface area (Å²) >= 11 is 0. The minimum absolute atomic E-state index is 0.958. The quantitative estimate of drug-likeness (QED) is 0.576. The first-order valence-corrected chi connectivity index (χ1v) is 3.56. The predicted octanol–water partition coefficient (Wildman–Crippen LogP) is 1.05. The van der Waals surface area contributed by atoms with Crippen LogP contribution < -0.4 is 0 Å². The molecule has 0 unspecified atom stereocenters. The summed E-state index contributed by atoms with van der Waals surface area (Å²) in [6, 6.07) is 0. The van der Waals surface area contributed by atoms with Gasteiger partial charge in [0.2, 0.25) is 0 Å². The molecule has 1 aliphatic heterocycles. The zero-order valence-corrected chi connectivity index (χ0v) is 6.78. The molecule has 0 aromatic carbocycles. The number of likely N-dealkylation sites (N-methyl/N-ethyl adjacent to an activating group) is 1. The molecule has 0 aromatic rings. The van der Waals surface area contributed by atoms with Gasteiger partial charge in [-0.2, -0.15) is 4.99 Å². The van der Waals surface area contributed by atoms with Crippen LogP contribution >= 0.6 is 0 Å². The standard InChI is InChI=1S/C8H11N3/c1-3-11(2)8-4-5-9-7-10-6-8/h4,6-7H,3H2,1-2H3. The van der Waals surface area contributed by atoms with E-state index in [9.17, 15) is 0 Å². The molecule has 0 bridgehead atoms. The van der Waals surface area contributed by atoms with Crippen molar-refractivity contribution in [3.05, 3.63) is 18.0 Å². The lowest BCUT2D eigenvalue weighted by Gasteiger charge is -2.15. The molecule has 0 radical (unpaired) electrons. The summed E-state index contributed by atoms with van der Waals surface area (Å²) < 4.78 is 0. The number of aliphatic imine (C=N–C) groups is 2. The SMILES string of the molecule is CCN(C)C1=CN=CN=C=C1. The largest absolute Gasteiger partial charge is 0.373 e. The van der Waals surface area contributed by atoms with E-state index in [0.717, 1.165) is 12.2 Å². The summed E-state index contributed by atoms with van der Waals surface area (Å²) in [7, 11) is 2.00. The molecule has 3 heteroatoms. The second-order valence-electron chi connectivity index (χ2n) is 2.24. The molecule has 1 aliphatic rings. The molecule has 1 rings (SSSR count). The predicted molar refractivity (Wildman–Crippen MR) is 46.9 cm³/mol. The summed E-state index contributed by atoms with van der Waals surface area (Å²) in [5.74, 6) is 2.75. The fraction of sp³-hybridized carbons (Fsp3) is 0.375. The van der Waals surface area contributed by atoms with Gasteiger partial charge in [0.25, 0.3) is 0 Å². The maximum atomic E-state index is 3.93. The molecule has 0 saturated carbocycles. The Bertz CT molecular complexity index is 244. The van der Waals surface area contributed by atoms with E-state index in [1.165, 1.54) is 6.34 Å². The lowest BCUT2D eigenvalue weighted by Crippen LogP contribution is -2.15. The normalized spacial score (nSPS) is 14.5. The molecular formula is C8H11N3. The molecule has 0 atom stereocenters. The monoisotopic (exact) mass is 149 g/mol. The van der Waals surface area contributed by atoms with Crippen LogP contribution in [0.15, 0.2) is 28.0 Å². The second kappa shape index (κ2) is 3.74. The van der Waals surface area contributed by atoms with Gasteiger partial charge in [-0.25, -0.2) is 4.99 Å². The van der Waals surface area contributed by atoms with Gasteiger partial charge in [0.05, 0.1) is 11.9 Å². The second-order valence-corrected chi connectivity index (χ2v) is 2.24. The van der Waals surface area contributed by atoms with Crippen LogP contribution in [0.3, 0.4) is 0 Å². The van der Waals surface area contributed by atoms with E-state index in [0.29, 0.717) is 0 Å². The molecule has 0 spiro atoms. The van der Waals surface area contributed by atoms with E-state index in [1.54, 1.807) is 6.20 Å². The van der Waals surface area contributed by atoms with Crippen molar-refractivity contribution in [3.63, 3.8) is 0 Å². The van der Waals surface area contributed by atoms with Crippen LogP contribution in [0.4, 0.5) is 0 Å². The van der Waals surface area contributed by atoms with E-state index in [1.807, 2.05) is 13.1 Å². The van der Waals surface area contributed by atoms with Crippen LogP contribution in [-0.4, -0.2) is 30.7 Å². The third kappa shape index (κ3) is 2.06. The van der Waals surface area contributed by atoms with Crippen molar-refractivity contribution in [3.8, 4) is 0 Å². The molecule has 58 valence electrons. The fourth-order valence-corrected chi connectivity index (χ4v) is 0.708. The highest BCUT2D eigenvalue weighted by atomic mass is 15.1. The lowest BCUT2D eigenvalue weighted by atomic mass is 10.4. The summed E-state index contributed by atoms with van der Waals surface area (Å²) in [5.41, 5.74) is 1.03. The van der Waals surface area contributed by atoms with Crippen molar-refractivity contribution in [2.75, 3.05) is 13.6 Å². The van der Waals surface area contributed by atoms with Gasteiger partial charge in [0.15, 0.2) is 0 Å². The van der Waals surface area contributed by atoms with Crippen molar-refractivity contribution < 1.29 is 0 Å². The molecule has 0 saturated heterocycles. The van der Waals surface area contributed by atoms with Crippen LogP contribution in [0.1, 0.15) is 6.92 Å². The number of hydrogen-bond acceptors (Lipinski definition) is 3. The maximum absolute atomic E-state index is 3.93. The smallest absolute Gasteiger partial charge is 0.125 e. The summed E-state index contributed by atoms with van der Waals surface area (Å²) in [6.45, 7) is 3.04. The van der Waals surface area contributed by atoms with Crippen molar-refractivity contribution in [2.45, 2.75) is 6.92 Å².